The Bertz CT molecular complexity index is 1480. The quantitative estimate of drug-likeness (QED) is 0.0294. The number of ether oxygens (including phenoxy) is 3. The Hall–Kier alpha value is -3.54. The van der Waals surface area contributed by atoms with Crippen molar-refractivity contribution in [2.45, 2.75) is 240 Å². The molecule has 0 heterocycles. The fourth-order valence-electron chi connectivity index (χ4n) is 7.69. The Morgan fingerprint density at radius 2 is 0.760 bits per heavy atom. The number of thioether (sulfide) groups is 2. The number of carbonyl (C=O) groups excluding carboxylic acids is 7. The van der Waals surface area contributed by atoms with Crippen LogP contribution in [0.5, 0.6) is 0 Å². The monoisotopic (exact) mass is 1100 g/mol. The molecule has 0 aromatic rings. The van der Waals surface area contributed by atoms with Crippen LogP contribution in [-0.2, 0) is 52.6 Å². The van der Waals surface area contributed by atoms with Crippen molar-refractivity contribution in [3.05, 3.63) is 0 Å². The summed E-state index contributed by atoms with van der Waals surface area (Å²) in [5.41, 5.74) is 0. The number of aliphatic carboxylic acids is 1. The number of amides is 4. The van der Waals surface area contributed by atoms with E-state index in [1.807, 2.05) is 6.92 Å². The van der Waals surface area contributed by atoms with Gasteiger partial charge in [-0.05, 0) is 12.8 Å². The molecule has 0 aromatic heterocycles. The van der Waals surface area contributed by atoms with Crippen molar-refractivity contribution in [3.8, 4) is 0 Å². The van der Waals surface area contributed by atoms with Crippen LogP contribution in [0.25, 0.3) is 0 Å². The molecule has 0 rings (SSSR count). The Kier molecular flexibility index (Phi) is 54.1. The molecule has 0 aliphatic rings. The zero-order chi connectivity index (χ0) is 56.0. The number of unbranched alkanes of at least 4 members (excludes halogenated alkanes) is 20. The molecule has 0 aliphatic carbocycles. The number of nitrogens with one attached hydrogen (secondary N) is 2. The molecule has 4 amide bonds. The van der Waals surface area contributed by atoms with Crippen LogP contribution >= 0.6 is 23.5 Å². The largest absolute Gasteiger partial charge is 0.481 e. The summed E-state index contributed by atoms with van der Waals surface area (Å²) in [7, 11) is 0. The van der Waals surface area contributed by atoms with Gasteiger partial charge in [-0.2, -0.15) is 23.5 Å². The molecule has 1 unspecified atom stereocenters. The molecule has 0 saturated heterocycles. The molecule has 0 aromatic carbocycles. The van der Waals surface area contributed by atoms with Gasteiger partial charge in [-0.1, -0.05) is 170 Å². The summed E-state index contributed by atoms with van der Waals surface area (Å²) >= 11 is 3.06. The van der Waals surface area contributed by atoms with Gasteiger partial charge in [0.25, 0.3) is 0 Å². The summed E-state index contributed by atoms with van der Waals surface area (Å²) in [6.45, 7) is 14.3. The number of hydrogen-bond acceptors (Lipinski definition) is 13. The Labute approximate surface area is 462 Å². The van der Waals surface area contributed by atoms with Crippen LogP contribution in [0, 0.1) is 0 Å². The molecule has 0 bridgehead atoms. The molecular formula is C57H106N4O12S2. The van der Waals surface area contributed by atoms with Crippen molar-refractivity contribution in [1.82, 2.24) is 20.4 Å². The minimum Gasteiger partial charge on any atom is -0.481 e. The fourth-order valence-corrected chi connectivity index (χ4v) is 9.43. The standard InChI is InChI=1S/C44H82N2O8S.C13H24N2O4S/c1-5-9-11-13-15-17-19-21-23-25-27-29-42(49)52-37-39(54-44(51)30-28-26-24-22-20-18-16-14-12-10-6-2)38-53-43(50)31-35-55-36-34-46(41(48)8-4)33-32-45-40(47)7-3;1-3-11(16)14-6-7-15(12(17)4-2)8-10-20-9-5-13(18)19/h39H,5-38H2,1-4H3,(H,45,47);3-10H2,1-2H3,(H,14,16)(H,18,19). The smallest absolute Gasteiger partial charge is 0.306 e. The summed E-state index contributed by atoms with van der Waals surface area (Å²) in [5.74, 6) is 0.506. The van der Waals surface area contributed by atoms with E-state index in [9.17, 15) is 38.4 Å². The highest BCUT2D eigenvalue weighted by Gasteiger charge is 2.20. The first kappa shape index (κ1) is 73.5. The van der Waals surface area contributed by atoms with Gasteiger partial charge in [0.2, 0.25) is 23.6 Å². The number of rotatable bonds is 51. The van der Waals surface area contributed by atoms with E-state index in [0.717, 1.165) is 38.5 Å². The molecule has 0 saturated carbocycles. The number of hydrogen-bond donors (Lipinski definition) is 3. The molecule has 75 heavy (non-hydrogen) atoms. The molecule has 0 aliphatic heterocycles. The maximum Gasteiger partial charge on any atom is 0.306 e. The van der Waals surface area contributed by atoms with Crippen LogP contribution in [0.15, 0.2) is 0 Å². The van der Waals surface area contributed by atoms with E-state index in [-0.39, 0.29) is 68.0 Å². The van der Waals surface area contributed by atoms with Crippen molar-refractivity contribution in [3.63, 3.8) is 0 Å². The maximum absolute atomic E-state index is 12.7. The predicted molar refractivity (Wildman–Crippen MR) is 306 cm³/mol. The average Bonchev–Trinajstić information content (AvgIpc) is 3.40. The van der Waals surface area contributed by atoms with Gasteiger partial charge in [-0.15, -0.1) is 0 Å². The van der Waals surface area contributed by atoms with Crippen LogP contribution in [0.1, 0.15) is 234 Å². The van der Waals surface area contributed by atoms with E-state index in [1.165, 1.54) is 114 Å². The lowest BCUT2D eigenvalue weighted by Crippen LogP contribution is -2.39. The van der Waals surface area contributed by atoms with Crippen LogP contribution in [0.3, 0.4) is 0 Å². The first-order chi connectivity index (χ1) is 36.3. The summed E-state index contributed by atoms with van der Waals surface area (Å²) < 4.78 is 16.6. The molecular weight excluding hydrogens is 997 g/mol. The predicted octanol–water partition coefficient (Wildman–Crippen LogP) is 11.2. The molecule has 18 heteroatoms. The highest BCUT2D eigenvalue weighted by Crippen LogP contribution is 2.15. The lowest BCUT2D eigenvalue weighted by atomic mass is 10.1. The van der Waals surface area contributed by atoms with Gasteiger partial charge in [-0.3, -0.25) is 38.4 Å². The van der Waals surface area contributed by atoms with Gasteiger partial charge in [0.05, 0.1) is 12.8 Å². The Morgan fingerprint density at radius 1 is 0.413 bits per heavy atom. The van der Waals surface area contributed by atoms with Crippen molar-refractivity contribution in [2.24, 2.45) is 0 Å². The lowest BCUT2D eigenvalue weighted by Gasteiger charge is -2.22. The van der Waals surface area contributed by atoms with E-state index in [0.29, 0.717) is 94.4 Å². The maximum atomic E-state index is 12.7. The lowest BCUT2D eigenvalue weighted by molar-refractivity contribution is -0.166. The zero-order valence-electron chi connectivity index (χ0n) is 47.9. The van der Waals surface area contributed by atoms with Crippen LogP contribution in [-0.4, -0.2) is 144 Å². The van der Waals surface area contributed by atoms with Crippen LogP contribution in [0.4, 0.5) is 0 Å². The van der Waals surface area contributed by atoms with E-state index in [4.69, 9.17) is 19.3 Å². The summed E-state index contributed by atoms with van der Waals surface area (Å²) in [6, 6.07) is 0. The second-order valence-electron chi connectivity index (χ2n) is 19.0. The van der Waals surface area contributed by atoms with Crippen molar-refractivity contribution in [2.75, 3.05) is 75.5 Å². The first-order valence-corrected chi connectivity index (χ1v) is 31.6. The van der Waals surface area contributed by atoms with Crippen molar-refractivity contribution < 1.29 is 57.7 Å². The third-order valence-corrected chi connectivity index (χ3v) is 14.3. The number of esters is 3. The number of carboxylic acids is 1. The highest BCUT2D eigenvalue weighted by atomic mass is 32.2. The van der Waals surface area contributed by atoms with Crippen molar-refractivity contribution >= 4 is 71.0 Å². The van der Waals surface area contributed by atoms with E-state index in [1.54, 1.807) is 42.3 Å². The highest BCUT2D eigenvalue weighted by molar-refractivity contribution is 7.99. The van der Waals surface area contributed by atoms with Gasteiger partial charge in [0.1, 0.15) is 13.2 Å². The first-order valence-electron chi connectivity index (χ1n) is 29.2. The molecule has 16 nitrogen and oxygen atoms in total. The second kappa shape index (κ2) is 55.2. The van der Waals surface area contributed by atoms with Crippen LogP contribution < -0.4 is 10.6 Å². The molecule has 3 N–H and O–H groups in total. The SMILES string of the molecule is CCC(=O)NCCN(CCSCCC(=O)O)C(=O)CC.CCCCCCCCCCCCCC(=O)OCC(COC(=O)CCSCCN(CCNC(=O)CC)C(=O)CC)OC(=O)CCCCCCCCCCCCC. The fraction of sp³-hybridized carbons (Fsp3) is 0.860. The molecule has 0 spiro atoms. The zero-order valence-corrected chi connectivity index (χ0v) is 49.6. The van der Waals surface area contributed by atoms with E-state index < -0.39 is 18.0 Å². The third kappa shape index (κ3) is 51.0. The van der Waals surface area contributed by atoms with Crippen molar-refractivity contribution in [1.29, 1.82) is 0 Å². The molecule has 438 valence electrons. The molecule has 0 radical (unpaired) electrons. The summed E-state index contributed by atoms with van der Waals surface area (Å²) in [6.07, 6.45) is 28.0. The van der Waals surface area contributed by atoms with Crippen LogP contribution in [0.2, 0.25) is 0 Å². The van der Waals surface area contributed by atoms with E-state index >= 15 is 0 Å². The summed E-state index contributed by atoms with van der Waals surface area (Å²) in [4.78, 5) is 98.3. The second-order valence-corrected chi connectivity index (χ2v) is 21.5. The minimum atomic E-state index is -0.847. The normalized spacial score (nSPS) is 11.2. The molecule has 1 atom stereocenters. The Morgan fingerprint density at radius 3 is 1.12 bits per heavy atom. The van der Waals surface area contributed by atoms with Gasteiger partial charge >= 0.3 is 23.9 Å². The Balaban J connectivity index is 0. The molecule has 0 fully saturated rings. The van der Waals surface area contributed by atoms with E-state index in [2.05, 4.69) is 24.5 Å². The van der Waals surface area contributed by atoms with Gasteiger partial charge in [0.15, 0.2) is 6.10 Å². The van der Waals surface area contributed by atoms with Gasteiger partial charge in [0, 0.05) is 101 Å². The summed E-state index contributed by atoms with van der Waals surface area (Å²) in [5, 5.41) is 14.1. The average molecular weight is 1100 g/mol. The topological polar surface area (TPSA) is 215 Å². The number of nitrogens with zero attached hydrogens (tertiary/aromatic N) is 2. The number of carboxylic acid groups (broad SMARTS) is 1. The third-order valence-electron chi connectivity index (χ3n) is 12.4. The minimum absolute atomic E-state index is 0.0225. The number of carbonyl (C=O) groups is 8. The van der Waals surface area contributed by atoms with Gasteiger partial charge in [-0.25, -0.2) is 0 Å². The van der Waals surface area contributed by atoms with Gasteiger partial charge < -0.3 is 39.8 Å².